The van der Waals surface area contributed by atoms with Crippen molar-refractivity contribution in [3.05, 3.63) is 0 Å². The van der Waals surface area contributed by atoms with E-state index in [-0.39, 0.29) is 13.0 Å². The number of hydrogen-bond donors (Lipinski definition) is 1. The van der Waals surface area contributed by atoms with Crippen LogP contribution in [0.5, 0.6) is 0 Å². The summed E-state index contributed by atoms with van der Waals surface area (Å²) in [5.74, 6) is -1.81. The fourth-order valence-corrected chi connectivity index (χ4v) is 2.63. The highest BCUT2D eigenvalue weighted by Gasteiger charge is 2.35. The topological polar surface area (TPSA) is 15.3 Å². The summed E-state index contributed by atoms with van der Waals surface area (Å²) in [6.45, 7) is 3.82. The molecule has 0 aromatic carbocycles. The fourth-order valence-electron chi connectivity index (χ4n) is 2.63. The number of alkyl halides is 2. The van der Waals surface area contributed by atoms with Crippen LogP contribution in [-0.4, -0.2) is 43.5 Å². The van der Waals surface area contributed by atoms with Gasteiger partial charge in [-0.2, -0.15) is 0 Å². The fraction of sp³-hybridized carbons (Fsp3) is 1.00. The smallest absolute Gasteiger partial charge is 0.260 e. The van der Waals surface area contributed by atoms with E-state index in [2.05, 4.69) is 5.32 Å². The lowest BCUT2D eigenvalue weighted by Gasteiger charge is -2.35. The van der Waals surface area contributed by atoms with Crippen LogP contribution in [0.2, 0.25) is 0 Å². The van der Waals surface area contributed by atoms with Gasteiger partial charge in [-0.25, -0.2) is 8.78 Å². The van der Waals surface area contributed by atoms with E-state index < -0.39 is 5.92 Å². The largest absolute Gasteiger partial charge is 0.317 e. The van der Waals surface area contributed by atoms with E-state index in [9.17, 15) is 8.78 Å². The van der Waals surface area contributed by atoms with Gasteiger partial charge in [0.1, 0.15) is 0 Å². The standard InChI is InChI=1S/C11H20F2N2/c12-11(13)4-1-7-15(9-11)8-10-2-5-14-6-3-10/h10,14H,1-9H2. The van der Waals surface area contributed by atoms with Crippen LogP contribution in [0.4, 0.5) is 8.78 Å². The molecule has 0 unspecified atom stereocenters. The molecule has 2 aliphatic heterocycles. The molecule has 15 heavy (non-hydrogen) atoms. The van der Waals surface area contributed by atoms with Gasteiger partial charge in [0.2, 0.25) is 0 Å². The molecule has 0 spiro atoms. The Morgan fingerprint density at radius 3 is 2.67 bits per heavy atom. The minimum atomic E-state index is -2.44. The quantitative estimate of drug-likeness (QED) is 0.759. The van der Waals surface area contributed by atoms with Crippen molar-refractivity contribution in [1.29, 1.82) is 0 Å². The molecule has 0 aromatic heterocycles. The van der Waals surface area contributed by atoms with Gasteiger partial charge in [0.05, 0.1) is 6.54 Å². The lowest BCUT2D eigenvalue weighted by molar-refractivity contribution is -0.0677. The molecule has 0 atom stereocenters. The number of nitrogens with one attached hydrogen (secondary N) is 1. The van der Waals surface area contributed by atoms with E-state index in [1.807, 2.05) is 4.90 Å². The summed E-state index contributed by atoms with van der Waals surface area (Å²) in [5.41, 5.74) is 0. The third-order valence-electron chi connectivity index (χ3n) is 3.45. The first-order valence-corrected chi connectivity index (χ1v) is 5.97. The second-order valence-corrected chi connectivity index (χ2v) is 4.89. The molecule has 88 valence electrons. The van der Waals surface area contributed by atoms with E-state index in [0.29, 0.717) is 12.3 Å². The number of halogens is 2. The van der Waals surface area contributed by atoms with Crippen LogP contribution in [-0.2, 0) is 0 Å². The number of piperidine rings is 2. The molecule has 1 N–H and O–H groups in total. The summed E-state index contributed by atoms with van der Waals surface area (Å²) >= 11 is 0. The SMILES string of the molecule is FC1(F)CCCN(CC2CCNCC2)C1. The van der Waals surface area contributed by atoms with Gasteiger partial charge in [-0.3, -0.25) is 4.90 Å². The molecule has 2 saturated heterocycles. The van der Waals surface area contributed by atoms with Crippen molar-refractivity contribution in [2.24, 2.45) is 5.92 Å². The van der Waals surface area contributed by atoms with Crippen molar-refractivity contribution in [3.8, 4) is 0 Å². The zero-order valence-electron chi connectivity index (χ0n) is 9.14. The summed E-state index contributed by atoms with van der Waals surface area (Å²) in [7, 11) is 0. The van der Waals surface area contributed by atoms with Crippen molar-refractivity contribution in [3.63, 3.8) is 0 Å². The third kappa shape index (κ3) is 3.38. The monoisotopic (exact) mass is 218 g/mol. The first kappa shape index (κ1) is 11.3. The zero-order chi connectivity index (χ0) is 10.7. The highest BCUT2D eigenvalue weighted by molar-refractivity contribution is 4.81. The van der Waals surface area contributed by atoms with Crippen LogP contribution < -0.4 is 5.32 Å². The van der Waals surface area contributed by atoms with Crippen LogP contribution >= 0.6 is 0 Å². The zero-order valence-corrected chi connectivity index (χ0v) is 9.14. The minimum Gasteiger partial charge on any atom is -0.317 e. The normalized spacial score (nSPS) is 29.2. The van der Waals surface area contributed by atoms with Gasteiger partial charge in [-0.1, -0.05) is 0 Å². The Morgan fingerprint density at radius 2 is 2.00 bits per heavy atom. The molecular weight excluding hydrogens is 198 g/mol. The second-order valence-electron chi connectivity index (χ2n) is 4.89. The van der Waals surface area contributed by atoms with E-state index in [1.54, 1.807) is 0 Å². The predicted molar refractivity (Wildman–Crippen MR) is 56.2 cm³/mol. The molecule has 2 nitrogen and oxygen atoms in total. The average Bonchev–Trinajstić information content (AvgIpc) is 2.17. The van der Waals surface area contributed by atoms with Gasteiger partial charge in [-0.05, 0) is 44.8 Å². The Kier molecular flexibility index (Phi) is 3.57. The van der Waals surface area contributed by atoms with Crippen LogP contribution in [0.1, 0.15) is 25.7 Å². The van der Waals surface area contributed by atoms with E-state index >= 15 is 0 Å². The van der Waals surface area contributed by atoms with Gasteiger partial charge in [0.15, 0.2) is 0 Å². The molecular formula is C11H20F2N2. The summed E-state index contributed by atoms with van der Waals surface area (Å²) < 4.78 is 26.3. The minimum absolute atomic E-state index is 0.0169. The third-order valence-corrected chi connectivity index (χ3v) is 3.45. The Labute approximate surface area is 90.0 Å². The molecule has 0 amide bonds. The predicted octanol–water partition coefficient (Wildman–Crippen LogP) is 1.72. The van der Waals surface area contributed by atoms with Crippen molar-refractivity contribution in [2.45, 2.75) is 31.6 Å². The van der Waals surface area contributed by atoms with Crippen molar-refractivity contribution in [2.75, 3.05) is 32.7 Å². The number of nitrogens with zero attached hydrogens (tertiary/aromatic N) is 1. The lowest BCUT2D eigenvalue weighted by Crippen LogP contribution is -2.45. The van der Waals surface area contributed by atoms with Crippen LogP contribution in [0.25, 0.3) is 0 Å². The summed E-state index contributed by atoms with van der Waals surface area (Å²) in [5, 5.41) is 3.30. The Bertz CT molecular complexity index is 203. The molecule has 2 rings (SSSR count). The number of likely N-dealkylation sites (tertiary alicyclic amines) is 1. The first-order chi connectivity index (χ1) is 7.16. The number of hydrogen-bond acceptors (Lipinski definition) is 2. The van der Waals surface area contributed by atoms with Gasteiger partial charge in [0.25, 0.3) is 5.92 Å². The first-order valence-electron chi connectivity index (χ1n) is 5.97. The summed E-state index contributed by atoms with van der Waals surface area (Å²) in [6, 6.07) is 0. The molecule has 0 saturated carbocycles. The van der Waals surface area contributed by atoms with Gasteiger partial charge in [0, 0.05) is 13.0 Å². The molecule has 2 heterocycles. The average molecular weight is 218 g/mol. The van der Waals surface area contributed by atoms with Gasteiger partial charge < -0.3 is 5.32 Å². The maximum Gasteiger partial charge on any atom is 0.260 e. The summed E-state index contributed by atoms with van der Waals surface area (Å²) in [4.78, 5) is 1.96. The molecule has 2 fully saturated rings. The molecule has 0 bridgehead atoms. The van der Waals surface area contributed by atoms with Crippen LogP contribution in [0.15, 0.2) is 0 Å². The van der Waals surface area contributed by atoms with Crippen molar-refractivity contribution < 1.29 is 8.78 Å². The Hall–Kier alpha value is -0.220. The maximum absolute atomic E-state index is 13.2. The van der Waals surface area contributed by atoms with Crippen molar-refractivity contribution in [1.82, 2.24) is 10.2 Å². The molecule has 0 aromatic rings. The van der Waals surface area contributed by atoms with Gasteiger partial charge >= 0.3 is 0 Å². The molecule has 4 heteroatoms. The summed E-state index contributed by atoms with van der Waals surface area (Å²) in [6.07, 6.45) is 3.01. The van der Waals surface area contributed by atoms with Gasteiger partial charge in [-0.15, -0.1) is 0 Å². The molecule has 0 aliphatic carbocycles. The maximum atomic E-state index is 13.2. The van der Waals surface area contributed by atoms with E-state index in [4.69, 9.17) is 0 Å². The highest BCUT2D eigenvalue weighted by Crippen LogP contribution is 2.27. The van der Waals surface area contributed by atoms with Crippen molar-refractivity contribution >= 4 is 0 Å². The Morgan fingerprint density at radius 1 is 1.27 bits per heavy atom. The van der Waals surface area contributed by atoms with Crippen LogP contribution in [0, 0.1) is 5.92 Å². The molecule has 0 radical (unpaired) electrons. The number of rotatable bonds is 2. The lowest BCUT2D eigenvalue weighted by atomic mass is 9.96. The molecule has 2 aliphatic rings. The van der Waals surface area contributed by atoms with E-state index in [1.165, 1.54) is 0 Å². The Balaban J connectivity index is 1.78. The van der Waals surface area contributed by atoms with Crippen LogP contribution in [0.3, 0.4) is 0 Å². The highest BCUT2D eigenvalue weighted by atomic mass is 19.3. The van der Waals surface area contributed by atoms with E-state index in [0.717, 1.165) is 39.0 Å². The second kappa shape index (κ2) is 4.74.